The maximum atomic E-state index is 14.0. The van der Waals surface area contributed by atoms with Crippen LogP contribution in [0.2, 0.25) is 0 Å². The topological polar surface area (TPSA) is 55.1 Å². The highest BCUT2D eigenvalue weighted by atomic mass is 35.5. The van der Waals surface area contributed by atoms with E-state index in [4.69, 9.17) is 5.73 Å². The van der Waals surface area contributed by atoms with Crippen LogP contribution >= 0.6 is 12.4 Å². The number of nitrogen functional groups attached to an aromatic ring is 1. The van der Waals surface area contributed by atoms with Crippen LogP contribution in [-0.2, 0) is 11.2 Å². The second kappa shape index (κ2) is 8.64. The first kappa shape index (κ1) is 19.9. The molecule has 0 saturated heterocycles. The molecular weight excluding hydrogens is 334 g/mol. The van der Waals surface area contributed by atoms with Crippen LogP contribution in [-0.4, -0.2) is 5.91 Å². The Balaban J connectivity index is 0.00000288. The molecule has 2 rings (SSSR count). The summed E-state index contributed by atoms with van der Waals surface area (Å²) in [4.78, 5) is 12.2. The fraction of sp³-hybridized carbons (Fsp3) is 0.278. The largest absolute Gasteiger partial charge is 0.399 e. The number of amides is 1. The molecule has 0 aliphatic rings. The van der Waals surface area contributed by atoms with Crippen molar-refractivity contribution in [2.24, 2.45) is 5.92 Å². The van der Waals surface area contributed by atoms with Crippen molar-refractivity contribution in [3.63, 3.8) is 0 Å². The van der Waals surface area contributed by atoms with E-state index in [0.29, 0.717) is 5.69 Å². The summed E-state index contributed by atoms with van der Waals surface area (Å²) in [7, 11) is 0. The normalized spacial score (nSPS) is 11.7. The van der Waals surface area contributed by atoms with Gasteiger partial charge in [0.15, 0.2) is 0 Å². The molecule has 2 aromatic carbocycles. The summed E-state index contributed by atoms with van der Waals surface area (Å²) < 4.78 is 27.0. The molecule has 0 bridgehead atoms. The van der Waals surface area contributed by atoms with Gasteiger partial charge >= 0.3 is 0 Å². The standard InChI is InChI=1S/C18H20F2N2O.ClH/c1-11(2)18(15-8-5-13(19)10-16(15)20)22-17(23)9-12-3-6-14(21)7-4-12;/h3-8,10-11,18H,9,21H2,1-2H3,(H,22,23);1H. The van der Waals surface area contributed by atoms with Crippen molar-refractivity contribution in [3.05, 3.63) is 65.2 Å². The van der Waals surface area contributed by atoms with E-state index in [-0.39, 0.29) is 36.2 Å². The number of rotatable bonds is 5. The zero-order valence-electron chi connectivity index (χ0n) is 13.6. The van der Waals surface area contributed by atoms with E-state index in [1.807, 2.05) is 13.8 Å². The number of nitrogens with one attached hydrogen (secondary N) is 1. The number of hydrogen-bond donors (Lipinski definition) is 2. The van der Waals surface area contributed by atoms with E-state index in [1.165, 1.54) is 12.1 Å². The first-order chi connectivity index (χ1) is 10.9. The Hall–Kier alpha value is -2.14. The Labute approximate surface area is 146 Å². The van der Waals surface area contributed by atoms with Crippen molar-refractivity contribution in [1.82, 2.24) is 5.32 Å². The summed E-state index contributed by atoms with van der Waals surface area (Å²) in [6.45, 7) is 3.74. The molecule has 0 fully saturated rings. The van der Waals surface area contributed by atoms with Crippen molar-refractivity contribution in [3.8, 4) is 0 Å². The molecular formula is C18H21ClF2N2O. The lowest BCUT2D eigenvalue weighted by molar-refractivity contribution is -0.121. The minimum Gasteiger partial charge on any atom is -0.399 e. The third-order valence-electron chi connectivity index (χ3n) is 3.63. The fourth-order valence-electron chi connectivity index (χ4n) is 2.40. The summed E-state index contributed by atoms with van der Waals surface area (Å²) in [5.74, 6) is -1.55. The quantitative estimate of drug-likeness (QED) is 0.797. The molecule has 0 saturated carbocycles. The molecule has 6 heteroatoms. The van der Waals surface area contributed by atoms with Crippen molar-refractivity contribution in [2.75, 3.05) is 5.73 Å². The summed E-state index contributed by atoms with van der Waals surface area (Å²) in [6, 6.07) is 9.88. The maximum Gasteiger partial charge on any atom is 0.224 e. The van der Waals surface area contributed by atoms with Gasteiger partial charge in [0.1, 0.15) is 11.6 Å². The van der Waals surface area contributed by atoms with Gasteiger partial charge in [-0.25, -0.2) is 8.78 Å². The van der Waals surface area contributed by atoms with E-state index < -0.39 is 17.7 Å². The zero-order valence-corrected chi connectivity index (χ0v) is 14.4. The van der Waals surface area contributed by atoms with Gasteiger partial charge in [-0.2, -0.15) is 0 Å². The molecule has 24 heavy (non-hydrogen) atoms. The highest BCUT2D eigenvalue weighted by molar-refractivity contribution is 5.85. The lowest BCUT2D eigenvalue weighted by Gasteiger charge is -2.23. The van der Waals surface area contributed by atoms with Crippen molar-refractivity contribution < 1.29 is 13.6 Å². The first-order valence-corrected chi connectivity index (χ1v) is 7.45. The van der Waals surface area contributed by atoms with Crippen LogP contribution in [0.1, 0.15) is 31.0 Å². The Bertz CT molecular complexity index is 690. The van der Waals surface area contributed by atoms with Crippen LogP contribution in [0.4, 0.5) is 14.5 Å². The summed E-state index contributed by atoms with van der Waals surface area (Å²) in [6.07, 6.45) is 0.173. The molecule has 0 heterocycles. The summed E-state index contributed by atoms with van der Waals surface area (Å²) >= 11 is 0. The average Bonchev–Trinajstić information content (AvgIpc) is 2.48. The Morgan fingerprint density at radius 3 is 2.29 bits per heavy atom. The van der Waals surface area contributed by atoms with Crippen molar-refractivity contribution in [1.29, 1.82) is 0 Å². The Morgan fingerprint density at radius 2 is 1.75 bits per heavy atom. The van der Waals surface area contributed by atoms with Crippen LogP contribution in [0.3, 0.4) is 0 Å². The predicted octanol–water partition coefficient (Wildman–Crippen LogP) is 4.02. The first-order valence-electron chi connectivity index (χ1n) is 7.45. The summed E-state index contributed by atoms with van der Waals surface area (Å²) in [5, 5.41) is 2.82. The molecule has 0 radical (unpaired) electrons. The van der Waals surface area contributed by atoms with Crippen molar-refractivity contribution >= 4 is 24.0 Å². The maximum absolute atomic E-state index is 14.0. The number of nitrogens with two attached hydrogens (primary N) is 1. The van der Waals surface area contributed by atoms with Crippen LogP contribution in [0.25, 0.3) is 0 Å². The molecule has 1 unspecified atom stereocenters. The number of anilines is 1. The number of hydrogen-bond acceptors (Lipinski definition) is 2. The van der Waals surface area contributed by atoms with E-state index in [1.54, 1.807) is 24.3 Å². The van der Waals surface area contributed by atoms with Gasteiger partial charge in [-0.05, 0) is 29.7 Å². The van der Waals surface area contributed by atoms with Gasteiger partial charge in [-0.15, -0.1) is 12.4 Å². The van der Waals surface area contributed by atoms with E-state index in [0.717, 1.165) is 11.6 Å². The Morgan fingerprint density at radius 1 is 1.12 bits per heavy atom. The third-order valence-corrected chi connectivity index (χ3v) is 3.63. The molecule has 1 amide bonds. The number of carbonyl (C=O) groups excluding carboxylic acids is 1. The molecule has 0 aliphatic heterocycles. The molecule has 0 spiro atoms. The minimum atomic E-state index is -0.656. The molecule has 3 N–H and O–H groups in total. The van der Waals surface area contributed by atoms with Gasteiger partial charge in [-0.1, -0.05) is 32.0 Å². The number of carbonyl (C=O) groups is 1. The second-order valence-electron chi connectivity index (χ2n) is 5.87. The predicted molar refractivity (Wildman–Crippen MR) is 93.9 cm³/mol. The van der Waals surface area contributed by atoms with Gasteiger partial charge in [0.25, 0.3) is 0 Å². The monoisotopic (exact) mass is 354 g/mol. The lowest BCUT2D eigenvalue weighted by Crippen LogP contribution is -2.33. The van der Waals surface area contributed by atoms with Crippen LogP contribution in [0.5, 0.6) is 0 Å². The number of benzene rings is 2. The molecule has 0 aromatic heterocycles. The minimum absolute atomic E-state index is 0. The van der Waals surface area contributed by atoms with Crippen LogP contribution in [0, 0.1) is 17.6 Å². The molecule has 3 nitrogen and oxygen atoms in total. The van der Waals surface area contributed by atoms with Gasteiger partial charge in [0.05, 0.1) is 12.5 Å². The van der Waals surface area contributed by atoms with Gasteiger partial charge in [0.2, 0.25) is 5.91 Å². The second-order valence-corrected chi connectivity index (χ2v) is 5.87. The number of halogens is 3. The molecule has 0 aliphatic carbocycles. The van der Waals surface area contributed by atoms with Crippen LogP contribution < -0.4 is 11.1 Å². The van der Waals surface area contributed by atoms with Crippen LogP contribution in [0.15, 0.2) is 42.5 Å². The molecule has 1 atom stereocenters. The molecule has 2 aromatic rings. The van der Waals surface area contributed by atoms with E-state index in [9.17, 15) is 13.6 Å². The SMILES string of the molecule is CC(C)C(NC(=O)Cc1ccc(N)cc1)c1ccc(F)cc1F.Cl. The fourth-order valence-corrected chi connectivity index (χ4v) is 2.40. The van der Waals surface area contributed by atoms with Gasteiger partial charge in [-0.3, -0.25) is 4.79 Å². The smallest absolute Gasteiger partial charge is 0.224 e. The lowest BCUT2D eigenvalue weighted by atomic mass is 9.95. The average molecular weight is 355 g/mol. The van der Waals surface area contributed by atoms with Crippen molar-refractivity contribution in [2.45, 2.75) is 26.3 Å². The molecule has 130 valence electrons. The van der Waals surface area contributed by atoms with E-state index in [2.05, 4.69) is 5.32 Å². The Kier molecular flexibility index (Phi) is 7.17. The van der Waals surface area contributed by atoms with Gasteiger partial charge < -0.3 is 11.1 Å². The highest BCUT2D eigenvalue weighted by Gasteiger charge is 2.22. The van der Waals surface area contributed by atoms with E-state index >= 15 is 0 Å². The van der Waals surface area contributed by atoms with Gasteiger partial charge in [0, 0.05) is 17.3 Å². The zero-order chi connectivity index (χ0) is 17.0. The highest BCUT2D eigenvalue weighted by Crippen LogP contribution is 2.25. The summed E-state index contributed by atoms with van der Waals surface area (Å²) in [5.41, 5.74) is 7.34. The third kappa shape index (κ3) is 5.20.